The zero-order valence-electron chi connectivity index (χ0n) is 17.6. The number of carbonyl (C=O) groups is 1. The van der Waals surface area contributed by atoms with Gasteiger partial charge in [0.1, 0.15) is 5.76 Å². The standard InChI is InChI=1S/C27H22N2O2S/c1-19-10-8-16-23-25(19)28-27(32-23)29(18-22-15-9-17-31-22)26(30)24(20-11-4-2-5-12-20)21-13-6-3-7-14-21/h2-17,24H,18H2,1H3. The number of furan rings is 1. The van der Waals surface area contributed by atoms with Crippen LogP contribution >= 0.6 is 11.3 Å². The second-order valence-electron chi connectivity index (χ2n) is 7.68. The van der Waals surface area contributed by atoms with Gasteiger partial charge >= 0.3 is 0 Å². The normalized spacial score (nSPS) is 11.2. The van der Waals surface area contributed by atoms with E-state index in [2.05, 4.69) is 0 Å². The first kappa shape index (κ1) is 20.2. The molecule has 0 fully saturated rings. The Morgan fingerprint density at radius 2 is 1.59 bits per heavy atom. The fourth-order valence-electron chi connectivity index (χ4n) is 3.91. The fraction of sp³-hybridized carbons (Fsp3) is 0.111. The van der Waals surface area contributed by atoms with Gasteiger partial charge in [0.05, 0.1) is 28.9 Å². The van der Waals surface area contributed by atoms with Gasteiger partial charge in [0.15, 0.2) is 5.13 Å². The maximum absolute atomic E-state index is 14.2. The zero-order chi connectivity index (χ0) is 21.9. The summed E-state index contributed by atoms with van der Waals surface area (Å²) in [5.41, 5.74) is 3.93. The number of benzene rings is 3. The Kier molecular flexibility index (Phi) is 5.57. The molecule has 3 aromatic carbocycles. The van der Waals surface area contributed by atoms with Crippen molar-refractivity contribution in [1.29, 1.82) is 0 Å². The molecule has 0 N–H and O–H groups in total. The molecule has 0 saturated carbocycles. The number of anilines is 1. The number of carbonyl (C=O) groups excluding carboxylic acids is 1. The highest BCUT2D eigenvalue weighted by Gasteiger charge is 2.31. The minimum Gasteiger partial charge on any atom is -0.467 e. The lowest BCUT2D eigenvalue weighted by Crippen LogP contribution is -2.35. The van der Waals surface area contributed by atoms with Gasteiger partial charge in [0, 0.05) is 0 Å². The first-order chi connectivity index (χ1) is 15.7. The van der Waals surface area contributed by atoms with Gasteiger partial charge in [-0.05, 0) is 41.8 Å². The summed E-state index contributed by atoms with van der Waals surface area (Å²) in [7, 11) is 0. The molecule has 5 rings (SSSR count). The number of aromatic nitrogens is 1. The average molecular weight is 439 g/mol. The molecule has 5 aromatic rings. The lowest BCUT2D eigenvalue weighted by Gasteiger charge is -2.25. The monoisotopic (exact) mass is 438 g/mol. The molecule has 32 heavy (non-hydrogen) atoms. The van der Waals surface area contributed by atoms with Crippen LogP contribution in [0.4, 0.5) is 5.13 Å². The van der Waals surface area contributed by atoms with Crippen LogP contribution in [0.1, 0.15) is 28.4 Å². The minimum atomic E-state index is -0.444. The van der Waals surface area contributed by atoms with E-state index in [1.807, 2.05) is 97.9 Å². The summed E-state index contributed by atoms with van der Waals surface area (Å²) in [4.78, 5) is 20.8. The molecular weight excluding hydrogens is 416 g/mol. The maximum Gasteiger partial charge on any atom is 0.241 e. The third-order valence-corrected chi connectivity index (χ3v) is 6.56. The summed E-state index contributed by atoms with van der Waals surface area (Å²) in [5.74, 6) is 0.241. The van der Waals surface area contributed by atoms with E-state index in [4.69, 9.17) is 9.40 Å². The van der Waals surface area contributed by atoms with Crippen LogP contribution in [0.5, 0.6) is 0 Å². The second-order valence-corrected chi connectivity index (χ2v) is 8.69. The molecule has 0 spiro atoms. The van der Waals surface area contributed by atoms with Crippen molar-refractivity contribution >= 4 is 32.6 Å². The number of nitrogens with zero attached hydrogens (tertiary/aromatic N) is 2. The topological polar surface area (TPSA) is 46.3 Å². The highest BCUT2D eigenvalue weighted by Crippen LogP contribution is 2.35. The first-order valence-corrected chi connectivity index (χ1v) is 11.3. The number of hydrogen-bond donors (Lipinski definition) is 0. The van der Waals surface area contributed by atoms with Gasteiger partial charge in [0.25, 0.3) is 0 Å². The van der Waals surface area contributed by atoms with Crippen LogP contribution < -0.4 is 4.90 Å². The van der Waals surface area contributed by atoms with Crippen LogP contribution in [0.3, 0.4) is 0 Å². The SMILES string of the molecule is Cc1cccc2sc(N(Cc3ccco3)C(=O)C(c3ccccc3)c3ccccc3)nc12. The van der Waals surface area contributed by atoms with Crippen LogP contribution in [0, 0.1) is 6.92 Å². The smallest absolute Gasteiger partial charge is 0.241 e. The quantitative estimate of drug-likeness (QED) is 0.301. The van der Waals surface area contributed by atoms with E-state index in [1.165, 1.54) is 11.3 Å². The number of rotatable bonds is 6. The van der Waals surface area contributed by atoms with Crippen LogP contribution in [-0.4, -0.2) is 10.9 Å². The predicted octanol–water partition coefficient (Wildman–Crippen LogP) is 6.56. The molecule has 2 heterocycles. The Morgan fingerprint density at radius 1 is 0.906 bits per heavy atom. The number of hydrogen-bond acceptors (Lipinski definition) is 4. The summed E-state index contributed by atoms with van der Waals surface area (Å²) in [6, 6.07) is 29.7. The van der Waals surface area contributed by atoms with Crippen molar-refractivity contribution in [3.05, 3.63) is 120 Å². The molecule has 0 unspecified atom stereocenters. The molecular formula is C27H22N2O2S. The van der Waals surface area contributed by atoms with Crippen molar-refractivity contribution in [1.82, 2.24) is 4.98 Å². The number of para-hydroxylation sites is 1. The number of aryl methyl sites for hydroxylation is 1. The Balaban J connectivity index is 1.63. The van der Waals surface area contributed by atoms with E-state index < -0.39 is 5.92 Å². The molecule has 158 valence electrons. The van der Waals surface area contributed by atoms with Gasteiger partial charge in [-0.2, -0.15) is 0 Å². The van der Waals surface area contributed by atoms with Gasteiger partial charge in [-0.25, -0.2) is 4.98 Å². The lowest BCUT2D eigenvalue weighted by atomic mass is 9.90. The van der Waals surface area contributed by atoms with E-state index in [1.54, 1.807) is 11.2 Å². The minimum absolute atomic E-state index is 0.0319. The van der Waals surface area contributed by atoms with Gasteiger partial charge in [0.2, 0.25) is 5.91 Å². The zero-order valence-corrected chi connectivity index (χ0v) is 18.5. The van der Waals surface area contributed by atoms with Gasteiger partial charge in [-0.1, -0.05) is 84.1 Å². The number of fused-ring (bicyclic) bond motifs is 1. The highest BCUT2D eigenvalue weighted by atomic mass is 32.1. The molecule has 0 radical (unpaired) electrons. The maximum atomic E-state index is 14.2. The average Bonchev–Trinajstić information content (AvgIpc) is 3.49. The summed E-state index contributed by atoms with van der Waals surface area (Å²) in [6.45, 7) is 2.36. The van der Waals surface area contributed by atoms with Crippen LogP contribution in [0.2, 0.25) is 0 Å². The molecule has 0 bridgehead atoms. The van der Waals surface area contributed by atoms with E-state index in [-0.39, 0.29) is 5.91 Å². The third kappa shape index (κ3) is 3.95. The Bertz CT molecular complexity index is 1290. The molecule has 5 heteroatoms. The van der Waals surface area contributed by atoms with Crippen LogP contribution in [-0.2, 0) is 11.3 Å². The van der Waals surface area contributed by atoms with Crippen molar-refractivity contribution < 1.29 is 9.21 Å². The third-order valence-electron chi connectivity index (χ3n) is 5.51. The van der Waals surface area contributed by atoms with Crippen molar-refractivity contribution in [3.8, 4) is 0 Å². The summed E-state index contributed by atoms with van der Waals surface area (Å²) in [5, 5.41) is 0.674. The summed E-state index contributed by atoms with van der Waals surface area (Å²) >= 11 is 1.53. The molecule has 0 aliphatic heterocycles. The molecule has 4 nitrogen and oxygen atoms in total. The lowest BCUT2D eigenvalue weighted by molar-refractivity contribution is -0.119. The number of amides is 1. The molecule has 2 aromatic heterocycles. The van der Waals surface area contributed by atoms with E-state index in [0.29, 0.717) is 17.4 Å². The predicted molar refractivity (Wildman–Crippen MR) is 129 cm³/mol. The van der Waals surface area contributed by atoms with Crippen molar-refractivity contribution in [2.24, 2.45) is 0 Å². The Labute approximate surface area is 190 Å². The highest BCUT2D eigenvalue weighted by molar-refractivity contribution is 7.22. The fourth-order valence-corrected chi connectivity index (χ4v) is 4.96. The van der Waals surface area contributed by atoms with E-state index in [0.717, 1.165) is 26.9 Å². The molecule has 0 atom stereocenters. The van der Waals surface area contributed by atoms with Crippen molar-refractivity contribution in [2.75, 3.05) is 4.90 Å². The Morgan fingerprint density at radius 3 is 2.19 bits per heavy atom. The van der Waals surface area contributed by atoms with Crippen LogP contribution in [0.25, 0.3) is 10.2 Å². The van der Waals surface area contributed by atoms with Crippen molar-refractivity contribution in [2.45, 2.75) is 19.4 Å². The largest absolute Gasteiger partial charge is 0.467 e. The van der Waals surface area contributed by atoms with E-state index >= 15 is 0 Å². The molecule has 1 amide bonds. The van der Waals surface area contributed by atoms with Gasteiger partial charge in [-0.15, -0.1) is 0 Å². The second kappa shape index (κ2) is 8.81. The first-order valence-electron chi connectivity index (χ1n) is 10.5. The van der Waals surface area contributed by atoms with Gasteiger partial charge < -0.3 is 4.42 Å². The summed E-state index contributed by atoms with van der Waals surface area (Å²) in [6.07, 6.45) is 1.63. The van der Waals surface area contributed by atoms with E-state index in [9.17, 15) is 4.79 Å². The van der Waals surface area contributed by atoms with Gasteiger partial charge in [-0.3, -0.25) is 9.69 Å². The van der Waals surface area contributed by atoms with Crippen LogP contribution in [0.15, 0.2) is 102 Å². The van der Waals surface area contributed by atoms with Crippen molar-refractivity contribution in [3.63, 3.8) is 0 Å². The molecule has 0 aliphatic rings. The number of thiazole rings is 1. The molecule has 0 saturated heterocycles. The Hall–Kier alpha value is -3.70. The molecule has 0 aliphatic carbocycles. The summed E-state index contributed by atoms with van der Waals surface area (Å²) < 4.78 is 6.67.